The Bertz CT molecular complexity index is 825. The molecule has 24 heavy (non-hydrogen) atoms. The predicted molar refractivity (Wildman–Crippen MR) is 96.8 cm³/mol. The summed E-state index contributed by atoms with van der Waals surface area (Å²) in [6.07, 6.45) is 0. The quantitative estimate of drug-likeness (QED) is 0.598. The molecule has 126 valence electrons. The van der Waals surface area contributed by atoms with Crippen LogP contribution in [0.15, 0.2) is 30.3 Å². The van der Waals surface area contributed by atoms with E-state index in [0.717, 1.165) is 0 Å². The van der Waals surface area contributed by atoms with Gasteiger partial charge in [0.15, 0.2) is 0 Å². The van der Waals surface area contributed by atoms with Crippen molar-refractivity contribution in [3.8, 4) is 0 Å². The summed E-state index contributed by atoms with van der Waals surface area (Å²) in [5.74, 6) is -0.525. The number of nitro groups is 1. The van der Waals surface area contributed by atoms with Crippen molar-refractivity contribution in [3.63, 3.8) is 0 Å². The SMILES string of the molecule is CN(C)c1cc(NC(=O)c2cc(Cl)ccc2Cl)c(Cl)cc1[N+](=O)[O-]. The van der Waals surface area contributed by atoms with Gasteiger partial charge in [-0.05, 0) is 24.3 Å². The summed E-state index contributed by atoms with van der Waals surface area (Å²) < 4.78 is 0. The Labute approximate surface area is 153 Å². The molecule has 0 heterocycles. The lowest BCUT2D eigenvalue weighted by Gasteiger charge is -2.16. The standard InChI is InChI=1S/C15H12Cl3N3O3/c1-20(2)13-7-12(11(18)6-14(13)21(23)24)19-15(22)9-5-8(16)3-4-10(9)17/h3-7H,1-2H3,(H,19,22). The third-order valence-corrected chi connectivity index (χ3v) is 4.04. The maximum atomic E-state index is 12.4. The number of hydrogen-bond acceptors (Lipinski definition) is 4. The van der Waals surface area contributed by atoms with Crippen LogP contribution in [-0.4, -0.2) is 24.9 Å². The molecule has 0 saturated carbocycles. The zero-order valence-corrected chi connectivity index (χ0v) is 14.9. The normalized spacial score (nSPS) is 10.4. The fraction of sp³-hybridized carbons (Fsp3) is 0.133. The van der Waals surface area contributed by atoms with E-state index in [2.05, 4.69) is 5.32 Å². The molecule has 0 aromatic heterocycles. The number of nitrogens with zero attached hydrogens (tertiary/aromatic N) is 2. The van der Waals surface area contributed by atoms with Gasteiger partial charge >= 0.3 is 0 Å². The molecule has 0 saturated heterocycles. The zero-order valence-electron chi connectivity index (χ0n) is 12.6. The van der Waals surface area contributed by atoms with Crippen molar-refractivity contribution < 1.29 is 9.72 Å². The van der Waals surface area contributed by atoms with E-state index in [1.54, 1.807) is 25.1 Å². The van der Waals surface area contributed by atoms with Gasteiger partial charge in [0, 0.05) is 25.2 Å². The van der Waals surface area contributed by atoms with Crippen LogP contribution >= 0.6 is 34.8 Å². The van der Waals surface area contributed by atoms with Crippen LogP contribution in [0.3, 0.4) is 0 Å². The van der Waals surface area contributed by atoms with E-state index in [9.17, 15) is 14.9 Å². The van der Waals surface area contributed by atoms with Gasteiger partial charge in [-0.1, -0.05) is 34.8 Å². The maximum absolute atomic E-state index is 12.4. The molecule has 0 atom stereocenters. The topological polar surface area (TPSA) is 75.5 Å². The molecule has 0 radical (unpaired) electrons. The summed E-state index contributed by atoms with van der Waals surface area (Å²) in [5, 5.41) is 14.3. The molecule has 9 heteroatoms. The number of carbonyl (C=O) groups excluding carboxylic acids is 1. The number of benzene rings is 2. The minimum absolute atomic E-state index is 0.0406. The van der Waals surface area contributed by atoms with Gasteiger partial charge in [0.2, 0.25) is 0 Å². The Morgan fingerprint density at radius 3 is 2.38 bits per heavy atom. The van der Waals surface area contributed by atoms with E-state index >= 15 is 0 Å². The number of carbonyl (C=O) groups is 1. The summed E-state index contributed by atoms with van der Waals surface area (Å²) in [7, 11) is 3.30. The third-order valence-electron chi connectivity index (χ3n) is 3.16. The van der Waals surface area contributed by atoms with E-state index in [1.165, 1.54) is 24.3 Å². The molecule has 0 aliphatic heterocycles. The van der Waals surface area contributed by atoms with Gasteiger partial charge in [-0.15, -0.1) is 0 Å². The summed E-state index contributed by atoms with van der Waals surface area (Å²) in [5.41, 5.74) is 0.540. The highest BCUT2D eigenvalue weighted by molar-refractivity contribution is 6.37. The second-order valence-corrected chi connectivity index (χ2v) is 6.30. The first kappa shape index (κ1) is 18.3. The Balaban J connectivity index is 2.42. The number of nitrogens with one attached hydrogen (secondary N) is 1. The predicted octanol–water partition coefficient (Wildman–Crippen LogP) is 4.87. The highest BCUT2D eigenvalue weighted by atomic mass is 35.5. The lowest BCUT2D eigenvalue weighted by molar-refractivity contribution is -0.384. The smallest absolute Gasteiger partial charge is 0.294 e. The monoisotopic (exact) mass is 387 g/mol. The molecule has 0 aliphatic rings. The minimum Gasteiger partial charge on any atom is -0.372 e. The molecule has 1 N–H and O–H groups in total. The van der Waals surface area contributed by atoms with Crippen molar-refractivity contribution >= 4 is 57.8 Å². The highest BCUT2D eigenvalue weighted by Crippen LogP contribution is 2.36. The average molecular weight is 389 g/mol. The van der Waals surface area contributed by atoms with Crippen LogP contribution < -0.4 is 10.2 Å². The molecule has 2 aromatic carbocycles. The number of nitro benzene ring substituents is 1. The summed E-state index contributed by atoms with van der Waals surface area (Å²) in [6, 6.07) is 7.10. The molecule has 0 unspecified atom stereocenters. The first-order valence-electron chi connectivity index (χ1n) is 6.62. The molecule has 0 bridgehead atoms. The fourth-order valence-corrected chi connectivity index (χ4v) is 2.59. The van der Waals surface area contributed by atoms with Crippen LogP contribution in [0.2, 0.25) is 15.1 Å². The molecule has 2 rings (SSSR count). The third kappa shape index (κ3) is 3.90. The van der Waals surface area contributed by atoms with Gasteiger partial charge in [0.25, 0.3) is 11.6 Å². The Morgan fingerprint density at radius 1 is 1.12 bits per heavy atom. The largest absolute Gasteiger partial charge is 0.372 e. The van der Waals surface area contributed by atoms with Gasteiger partial charge in [-0.25, -0.2) is 0 Å². The van der Waals surface area contributed by atoms with Gasteiger partial charge in [-0.3, -0.25) is 14.9 Å². The first-order valence-corrected chi connectivity index (χ1v) is 7.75. The van der Waals surface area contributed by atoms with Crippen molar-refractivity contribution in [2.24, 2.45) is 0 Å². The van der Waals surface area contributed by atoms with Gasteiger partial charge < -0.3 is 10.2 Å². The number of anilines is 2. The van der Waals surface area contributed by atoms with Crippen LogP contribution in [0.1, 0.15) is 10.4 Å². The second-order valence-electron chi connectivity index (χ2n) is 5.05. The molecule has 0 fully saturated rings. The summed E-state index contributed by atoms with van der Waals surface area (Å²) in [4.78, 5) is 24.5. The molecule has 2 aromatic rings. The highest BCUT2D eigenvalue weighted by Gasteiger charge is 2.21. The maximum Gasteiger partial charge on any atom is 0.294 e. The Hall–Kier alpha value is -2.02. The second kappa shape index (κ2) is 7.25. The van der Waals surface area contributed by atoms with Crippen molar-refractivity contribution in [1.29, 1.82) is 0 Å². The van der Waals surface area contributed by atoms with E-state index in [1.807, 2.05) is 0 Å². The van der Waals surface area contributed by atoms with Crippen molar-refractivity contribution in [2.45, 2.75) is 0 Å². The van der Waals surface area contributed by atoms with Crippen LogP contribution in [0.25, 0.3) is 0 Å². The van der Waals surface area contributed by atoms with Crippen LogP contribution in [0.5, 0.6) is 0 Å². The van der Waals surface area contributed by atoms with Crippen LogP contribution in [0.4, 0.5) is 17.1 Å². The van der Waals surface area contributed by atoms with Gasteiger partial charge in [0.1, 0.15) is 5.69 Å². The molecule has 0 spiro atoms. The van der Waals surface area contributed by atoms with E-state index in [0.29, 0.717) is 10.7 Å². The molecule has 1 amide bonds. The summed E-state index contributed by atoms with van der Waals surface area (Å²) in [6.45, 7) is 0. The van der Waals surface area contributed by atoms with Gasteiger partial charge in [0.05, 0.1) is 26.2 Å². The van der Waals surface area contributed by atoms with Crippen LogP contribution in [0, 0.1) is 10.1 Å². The van der Waals surface area contributed by atoms with Crippen LogP contribution in [-0.2, 0) is 0 Å². The van der Waals surface area contributed by atoms with E-state index < -0.39 is 10.8 Å². The fourth-order valence-electron chi connectivity index (χ4n) is 2.01. The number of hydrogen-bond donors (Lipinski definition) is 1. The number of rotatable bonds is 4. The van der Waals surface area contributed by atoms with Gasteiger partial charge in [-0.2, -0.15) is 0 Å². The number of halogens is 3. The van der Waals surface area contributed by atoms with E-state index in [4.69, 9.17) is 34.8 Å². The molecular formula is C15H12Cl3N3O3. The molecule has 0 aliphatic carbocycles. The van der Waals surface area contributed by atoms with Crippen molar-refractivity contribution in [2.75, 3.05) is 24.3 Å². The number of amides is 1. The molecular weight excluding hydrogens is 377 g/mol. The van der Waals surface area contributed by atoms with Crippen molar-refractivity contribution in [1.82, 2.24) is 0 Å². The summed E-state index contributed by atoms with van der Waals surface area (Å²) >= 11 is 17.9. The van der Waals surface area contributed by atoms with E-state index in [-0.39, 0.29) is 27.0 Å². The zero-order chi connectivity index (χ0) is 18.0. The minimum atomic E-state index is -0.541. The lowest BCUT2D eigenvalue weighted by Crippen LogP contribution is -2.15. The molecule has 6 nitrogen and oxygen atoms in total. The first-order chi connectivity index (χ1) is 11.2. The Kier molecular flexibility index (Phi) is 5.54. The Morgan fingerprint density at radius 2 is 1.79 bits per heavy atom. The van der Waals surface area contributed by atoms with Crippen molar-refractivity contribution in [3.05, 3.63) is 61.1 Å². The lowest BCUT2D eigenvalue weighted by atomic mass is 10.2. The average Bonchev–Trinajstić information content (AvgIpc) is 2.50.